The van der Waals surface area contributed by atoms with Crippen molar-refractivity contribution in [2.45, 2.75) is 25.8 Å². The number of unbranched alkanes of at least 4 members (excludes halogenated alkanes) is 1. The lowest BCUT2D eigenvalue weighted by atomic mass is 10.3. The first-order valence-corrected chi connectivity index (χ1v) is 6.65. The molecule has 0 aromatic rings. The average Bonchev–Trinajstić information content (AvgIpc) is 2.30. The molecule has 1 atom stereocenters. The molecule has 0 rings (SSSR count). The third kappa shape index (κ3) is 8.63. The normalized spacial score (nSPS) is 12.3. The van der Waals surface area contributed by atoms with Crippen molar-refractivity contribution < 1.29 is 24.6 Å². The number of nitrogens with one attached hydrogen (secondary N) is 1. The lowest BCUT2D eigenvalue weighted by molar-refractivity contribution is -0.140. The van der Waals surface area contributed by atoms with Gasteiger partial charge in [-0.15, -0.1) is 0 Å². The molecule has 0 aliphatic heterocycles. The van der Waals surface area contributed by atoms with Crippen molar-refractivity contribution in [2.75, 3.05) is 11.5 Å². The van der Waals surface area contributed by atoms with Crippen LogP contribution in [0.25, 0.3) is 0 Å². The zero-order valence-corrected chi connectivity index (χ0v) is 10.9. The van der Waals surface area contributed by atoms with Gasteiger partial charge >= 0.3 is 11.9 Å². The first-order valence-electron chi connectivity index (χ1n) is 5.49. The van der Waals surface area contributed by atoms with Crippen molar-refractivity contribution in [3.05, 3.63) is 12.2 Å². The summed E-state index contributed by atoms with van der Waals surface area (Å²) in [6, 6.07) is -1.00. The van der Waals surface area contributed by atoms with Crippen LogP contribution in [0.1, 0.15) is 19.8 Å². The summed E-state index contributed by atoms with van der Waals surface area (Å²) in [6.07, 6.45) is 3.48. The molecule has 0 radical (unpaired) electrons. The summed E-state index contributed by atoms with van der Waals surface area (Å²) in [5.74, 6) is -2.00. The van der Waals surface area contributed by atoms with E-state index in [0.717, 1.165) is 24.7 Å². The highest BCUT2D eigenvalue weighted by Gasteiger charge is 2.18. The van der Waals surface area contributed by atoms with Crippen LogP contribution >= 0.6 is 11.8 Å². The Bertz CT molecular complexity index is 329. The van der Waals surface area contributed by atoms with Gasteiger partial charge in [0.25, 0.3) is 0 Å². The highest BCUT2D eigenvalue weighted by Crippen LogP contribution is 2.06. The Morgan fingerprint density at radius 1 is 1.28 bits per heavy atom. The number of carboxylic acids is 2. The molecule has 0 saturated heterocycles. The quantitative estimate of drug-likeness (QED) is 0.423. The molecule has 0 saturated carbocycles. The Morgan fingerprint density at radius 3 is 2.44 bits per heavy atom. The molecule has 0 heterocycles. The number of thioether (sulfide) groups is 1. The van der Waals surface area contributed by atoms with Crippen LogP contribution in [-0.2, 0) is 14.4 Å². The molecule has 1 unspecified atom stereocenters. The average molecular weight is 275 g/mol. The second kappa shape index (κ2) is 9.52. The molecule has 0 aliphatic rings. The van der Waals surface area contributed by atoms with Crippen LogP contribution < -0.4 is 5.32 Å². The molecule has 6 nitrogen and oxygen atoms in total. The Kier molecular flexibility index (Phi) is 8.73. The van der Waals surface area contributed by atoms with E-state index in [-0.39, 0.29) is 5.75 Å². The fourth-order valence-corrected chi connectivity index (χ4v) is 2.11. The molecular formula is C11H17NO5S. The van der Waals surface area contributed by atoms with Gasteiger partial charge in [0.2, 0.25) is 5.91 Å². The summed E-state index contributed by atoms with van der Waals surface area (Å²) in [6.45, 7) is 2.04. The summed E-state index contributed by atoms with van der Waals surface area (Å²) in [4.78, 5) is 32.3. The number of carbonyl (C=O) groups excluding carboxylic acids is 1. The van der Waals surface area contributed by atoms with Crippen LogP contribution in [-0.4, -0.2) is 45.6 Å². The third-order valence-corrected chi connectivity index (χ3v) is 3.07. The molecule has 0 fully saturated rings. The van der Waals surface area contributed by atoms with Crippen LogP contribution in [0.2, 0.25) is 0 Å². The SMILES string of the molecule is CCCCSCC(NC(=O)/C=C/C(=O)O)C(=O)O. The number of rotatable bonds is 9. The van der Waals surface area contributed by atoms with Gasteiger partial charge in [0, 0.05) is 17.9 Å². The van der Waals surface area contributed by atoms with E-state index in [1.54, 1.807) is 0 Å². The largest absolute Gasteiger partial charge is 0.480 e. The van der Waals surface area contributed by atoms with E-state index in [9.17, 15) is 14.4 Å². The van der Waals surface area contributed by atoms with Gasteiger partial charge in [0.1, 0.15) is 6.04 Å². The predicted octanol–water partition coefficient (Wildman–Crippen LogP) is 0.730. The molecule has 18 heavy (non-hydrogen) atoms. The summed E-state index contributed by atoms with van der Waals surface area (Å²) >= 11 is 1.44. The second-order valence-electron chi connectivity index (χ2n) is 3.50. The topological polar surface area (TPSA) is 104 Å². The van der Waals surface area contributed by atoms with Crippen LogP contribution in [0.4, 0.5) is 0 Å². The number of amides is 1. The maximum absolute atomic E-state index is 11.2. The molecule has 0 aliphatic carbocycles. The molecular weight excluding hydrogens is 258 g/mol. The Hall–Kier alpha value is -1.50. The van der Waals surface area contributed by atoms with E-state index in [1.807, 2.05) is 6.92 Å². The summed E-state index contributed by atoms with van der Waals surface area (Å²) in [7, 11) is 0. The number of hydrogen-bond donors (Lipinski definition) is 3. The number of carboxylic acid groups (broad SMARTS) is 2. The van der Waals surface area contributed by atoms with E-state index in [2.05, 4.69) is 5.32 Å². The van der Waals surface area contributed by atoms with Gasteiger partial charge < -0.3 is 15.5 Å². The van der Waals surface area contributed by atoms with Gasteiger partial charge in [-0.3, -0.25) is 4.79 Å². The molecule has 102 valence electrons. The van der Waals surface area contributed by atoms with Gasteiger partial charge in [-0.05, 0) is 12.2 Å². The van der Waals surface area contributed by atoms with Crippen molar-refractivity contribution in [3.63, 3.8) is 0 Å². The van der Waals surface area contributed by atoms with E-state index in [1.165, 1.54) is 11.8 Å². The number of carbonyl (C=O) groups is 3. The molecule has 0 bridgehead atoms. The minimum absolute atomic E-state index is 0.266. The van der Waals surface area contributed by atoms with E-state index in [4.69, 9.17) is 10.2 Å². The first-order chi connectivity index (χ1) is 8.47. The maximum Gasteiger partial charge on any atom is 0.328 e. The van der Waals surface area contributed by atoms with Crippen LogP contribution in [0, 0.1) is 0 Å². The smallest absolute Gasteiger partial charge is 0.328 e. The third-order valence-electron chi connectivity index (χ3n) is 1.92. The van der Waals surface area contributed by atoms with Gasteiger partial charge in [-0.1, -0.05) is 13.3 Å². The minimum Gasteiger partial charge on any atom is -0.480 e. The highest BCUT2D eigenvalue weighted by molar-refractivity contribution is 7.99. The fourth-order valence-electron chi connectivity index (χ4n) is 0.989. The van der Waals surface area contributed by atoms with Gasteiger partial charge in [-0.25, -0.2) is 9.59 Å². The lowest BCUT2D eigenvalue weighted by Crippen LogP contribution is -2.42. The Balaban J connectivity index is 4.15. The van der Waals surface area contributed by atoms with Crippen LogP contribution in [0.3, 0.4) is 0 Å². The molecule has 3 N–H and O–H groups in total. The molecule has 7 heteroatoms. The minimum atomic E-state index is -1.26. The predicted molar refractivity (Wildman–Crippen MR) is 68.6 cm³/mol. The van der Waals surface area contributed by atoms with E-state index in [0.29, 0.717) is 6.08 Å². The van der Waals surface area contributed by atoms with E-state index < -0.39 is 23.9 Å². The van der Waals surface area contributed by atoms with Crippen molar-refractivity contribution in [1.82, 2.24) is 5.32 Å². The summed E-state index contributed by atoms with van der Waals surface area (Å²) in [5.41, 5.74) is 0. The van der Waals surface area contributed by atoms with Crippen LogP contribution in [0.15, 0.2) is 12.2 Å². The number of hydrogen-bond acceptors (Lipinski definition) is 4. The summed E-state index contributed by atoms with van der Waals surface area (Å²) in [5, 5.41) is 19.4. The van der Waals surface area contributed by atoms with Crippen molar-refractivity contribution in [2.24, 2.45) is 0 Å². The first kappa shape index (κ1) is 16.5. The zero-order chi connectivity index (χ0) is 14.0. The number of aliphatic carboxylic acids is 2. The fraction of sp³-hybridized carbons (Fsp3) is 0.545. The monoisotopic (exact) mass is 275 g/mol. The highest BCUT2D eigenvalue weighted by atomic mass is 32.2. The van der Waals surface area contributed by atoms with E-state index >= 15 is 0 Å². The molecule has 0 spiro atoms. The molecule has 1 amide bonds. The van der Waals surface area contributed by atoms with Crippen molar-refractivity contribution in [1.29, 1.82) is 0 Å². The Morgan fingerprint density at radius 2 is 1.94 bits per heavy atom. The van der Waals surface area contributed by atoms with Crippen LogP contribution in [0.5, 0.6) is 0 Å². The van der Waals surface area contributed by atoms with Gasteiger partial charge in [-0.2, -0.15) is 11.8 Å². The molecule has 0 aromatic carbocycles. The van der Waals surface area contributed by atoms with Gasteiger partial charge in [0.05, 0.1) is 0 Å². The van der Waals surface area contributed by atoms with Crippen molar-refractivity contribution >= 4 is 29.6 Å². The molecule has 0 aromatic heterocycles. The second-order valence-corrected chi connectivity index (χ2v) is 4.65. The standard InChI is InChI=1S/C11H17NO5S/c1-2-3-6-18-7-8(11(16)17)12-9(13)4-5-10(14)15/h4-5,8H,2-3,6-7H2,1H3,(H,12,13)(H,14,15)(H,16,17)/b5-4+. The lowest BCUT2D eigenvalue weighted by Gasteiger charge is -2.12. The zero-order valence-electron chi connectivity index (χ0n) is 10.1. The Labute approximate surface area is 109 Å². The maximum atomic E-state index is 11.2. The summed E-state index contributed by atoms with van der Waals surface area (Å²) < 4.78 is 0. The van der Waals surface area contributed by atoms with Crippen molar-refractivity contribution in [3.8, 4) is 0 Å². The van der Waals surface area contributed by atoms with Gasteiger partial charge in [0.15, 0.2) is 0 Å².